The number of hydrogen-bond donors (Lipinski definition) is 2. The first kappa shape index (κ1) is 15.0. The Morgan fingerprint density at radius 2 is 2.15 bits per heavy atom. The Kier molecular flexibility index (Phi) is 5.55. The molecule has 1 aromatic carbocycles. The maximum absolute atomic E-state index is 11.8. The molecule has 2 atom stereocenters. The van der Waals surface area contributed by atoms with Crippen molar-refractivity contribution >= 4 is 17.7 Å². The van der Waals surface area contributed by atoms with Gasteiger partial charge in [0.1, 0.15) is 17.6 Å². The number of benzene rings is 1. The van der Waals surface area contributed by atoms with Crippen LogP contribution in [0.5, 0.6) is 11.5 Å². The topological polar surface area (TPSA) is 59.6 Å². The van der Waals surface area contributed by atoms with E-state index in [9.17, 15) is 4.79 Å². The summed E-state index contributed by atoms with van der Waals surface area (Å²) in [6.45, 7) is 2.43. The molecule has 6 heteroatoms. The van der Waals surface area contributed by atoms with E-state index in [1.54, 1.807) is 18.9 Å². The Bertz CT molecular complexity index is 433. The van der Waals surface area contributed by atoms with Gasteiger partial charge in [-0.1, -0.05) is 0 Å². The van der Waals surface area contributed by atoms with Crippen LogP contribution in [-0.4, -0.2) is 43.3 Å². The third kappa shape index (κ3) is 4.31. The largest absolute Gasteiger partial charge is 0.497 e. The van der Waals surface area contributed by atoms with Crippen LogP contribution < -0.4 is 20.1 Å². The van der Waals surface area contributed by atoms with Crippen molar-refractivity contribution in [1.29, 1.82) is 0 Å². The molecule has 0 aliphatic carbocycles. The maximum atomic E-state index is 11.8. The van der Waals surface area contributed by atoms with Crippen LogP contribution in [0.2, 0.25) is 0 Å². The Morgan fingerprint density at radius 1 is 1.45 bits per heavy atom. The molecule has 1 saturated heterocycles. The fourth-order valence-electron chi connectivity index (χ4n) is 1.86. The van der Waals surface area contributed by atoms with E-state index in [2.05, 4.69) is 10.6 Å². The molecular weight excluding hydrogens is 276 g/mol. The van der Waals surface area contributed by atoms with Gasteiger partial charge in [0.25, 0.3) is 0 Å². The summed E-state index contributed by atoms with van der Waals surface area (Å²) in [4.78, 5) is 11.8. The number of methoxy groups -OCH3 is 1. The van der Waals surface area contributed by atoms with Crippen molar-refractivity contribution in [2.45, 2.75) is 19.1 Å². The van der Waals surface area contributed by atoms with Gasteiger partial charge in [0.05, 0.1) is 19.7 Å². The van der Waals surface area contributed by atoms with Gasteiger partial charge in [-0.2, -0.15) is 0 Å². The van der Waals surface area contributed by atoms with Crippen LogP contribution in [0.15, 0.2) is 24.3 Å². The second-order valence-electron chi connectivity index (χ2n) is 4.62. The molecule has 0 spiro atoms. The van der Waals surface area contributed by atoms with Gasteiger partial charge in [-0.25, -0.2) is 0 Å². The SMILES string of the molecule is COc1ccc(OC(C)CNC(=O)C2CSCN2)cc1. The lowest BCUT2D eigenvalue weighted by molar-refractivity contribution is -0.122. The molecule has 20 heavy (non-hydrogen) atoms. The average Bonchev–Trinajstić information content (AvgIpc) is 3.00. The summed E-state index contributed by atoms with van der Waals surface area (Å²) in [7, 11) is 1.63. The lowest BCUT2D eigenvalue weighted by Gasteiger charge is -2.17. The van der Waals surface area contributed by atoms with Crippen LogP contribution >= 0.6 is 11.8 Å². The first-order valence-corrected chi connectivity index (χ1v) is 7.74. The third-order valence-electron chi connectivity index (χ3n) is 2.99. The number of nitrogens with one attached hydrogen (secondary N) is 2. The van der Waals surface area contributed by atoms with Gasteiger partial charge >= 0.3 is 0 Å². The van der Waals surface area contributed by atoms with Gasteiger partial charge in [0.15, 0.2) is 0 Å². The Balaban J connectivity index is 1.73. The zero-order valence-corrected chi connectivity index (χ0v) is 12.5. The highest BCUT2D eigenvalue weighted by Gasteiger charge is 2.22. The number of carbonyl (C=O) groups is 1. The van der Waals surface area contributed by atoms with E-state index in [0.717, 1.165) is 23.1 Å². The average molecular weight is 296 g/mol. The molecule has 1 heterocycles. The fraction of sp³-hybridized carbons (Fsp3) is 0.500. The van der Waals surface area contributed by atoms with Crippen molar-refractivity contribution in [3.05, 3.63) is 24.3 Å². The maximum Gasteiger partial charge on any atom is 0.238 e. The van der Waals surface area contributed by atoms with E-state index >= 15 is 0 Å². The van der Waals surface area contributed by atoms with Crippen LogP contribution in [0.3, 0.4) is 0 Å². The number of carbonyl (C=O) groups excluding carboxylic acids is 1. The summed E-state index contributed by atoms with van der Waals surface area (Å²) in [6.07, 6.45) is -0.0820. The molecule has 0 aromatic heterocycles. The minimum atomic E-state index is -0.0820. The van der Waals surface area contributed by atoms with Gasteiger partial charge in [0.2, 0.25) is 5.91 Å². The Morgan fingerprint density at radius 3 is 2.75 bits per heavy atom. The molecule has 1 amide bonds. The standard InChI is InChI=1S/C14H20N2O3S/c1-10(7-15-14(17)13-8-20-9-16-13)19-12-5-3-11(18-2)4-6-12/h3-6,10,13,16H,7-9H2,1-2H3,(H,15,17). The minimum absolute atomic E-state index is 0.0418. The number of ether oxygens (including phenoxy) is 2. The molecule has 1 aromatic rings. The molecule has 0 bridgehead atoms. The van der Waals surface area contributed by atoms with Crippen molar-refractivity contribution in [1.82, 2.24) is 10.6 Å². The third-order valence-corrected chi connectivity index (χ3v) is 3.93. The Hall–Kier alpha value is -1.40. The van der Waals surface area contributed by atoms with Crippen LogP contribution in [0.4, 0.5) is 0 Å². The van der Waals surface area contributed by atoms with E-state index < -0.39 is 0 Å². The second kappa shape index (κ2) is 7.40. The van der Waals surface area contributed by atoms with E-state index in [4.69, 9.17) is 9.47 Å². The molecule has 0 saturated carbocycles. The van der Waals surface area contributed by atoms with Crippen molar-refractivity contribution in [3.63, 3.8) is 0 Å². The predicted molar refractivity (Wildman–Crippen MR) is 80.3 cm³/mol. The van der Waals surface area contributed by atoms with E-state index in [1.165, 1.54) is 0 Å². The number of hydrogen-bond acceptors (Lipinski definition) is 5. The number of amides is 1. The normalized spacial score (nSPS) is 19.4. The Labute approximate surface area is 123 Å². The first-order chi connectivity index (χ1) is 9.69. The zero-order valence-electron chi connectivity index (χ0n) is 11.7. The van der Waals surface area contributed by atoms with Crippen molar-refractivity contribution in [3.8, 4) is 11.5 Å². The lowest BCUT2D eigenvalue weighted by atomic mass is 10.3. The first-order valence-electron chi connectivity index (χ1n) is 6.58. The van der Waals surface area contributed by atoms with Crippen molar-refractivity contribution in [2.24, 2.45) is 0 Å². The molecule has 110 valence electrons. The molecule has 2 unspecified atom stereocenters. The van der Waals surface area contributed by atoms with Gasteiger partial charge < -0.3 is 14.8 Å². The minimum Gasteiger partial charge on any atom is -0.497 e. The quantitative estimate of drug-likeness (QED) is 0.827. The summed E-state index contributed by atoms with van der Waals surface area (Å²) in [5.74, 6) is 3.28. The highest BCUT2D eigenvalue weighted by atomic mass is 32.2. The predicted octanol–water partition coefficient (Wildman–Crippen LogP) is 1.24. The summed E-state index contributed by atoms with van der Waals surface area (Å²) in [6, 6.07) is 7.33. The second-order valence-corrected chi connectivity index (χ2v) is 5.65. The smallest absolute Gasteiger partial charge is 0.238 e. The highest BCUT2D eigenvalue weighted by molar-refractivity contribution is 7.99. The molecule has 0 radical (unpaired) electrons. The van der Waals surface area contributed by atoms with Gasteiger partial charge in [-0.05, 0) is 31.2 Å². The lowest BCUT2D eigenvalue weighted by Crippen LogP contribution is -2.44. The fourth-order valence-corrected chi connectivity index (χ4v) is 2.80. The molecule has 2 rings (SSSR count). The van der Waals surface area contributed by atoms with Gasteiger partial charge in [-0.15, -0.1) is 11.8 Å². The molecule has 1 aliphatic heterocycles. The van der Waals surface area contributed by atoms with Crippen LogP contribution in [0.1, 0.15) is 6.92 Å². The highest BCUT2D eigenvalue weighted by Crippen LogP contribution is 2.18. The summed E-state index contributed by atoms with van der Waals surface area (Å²) >= 11 is 1.74. The molecule has 1 fully saturated rings. The van der Waals surface area contributed by atoms with Gasteiger partial charge in [-0.3, -0.25) is 10.1 Å². The number of thioether (sulfide) groups is 1. The zero-order chi connectivity index (χ0) is 14.4. The van der Waals surface area contributed by atoms with Crippen molar-refractivity contribution < 1.29 is 14.3 Å². The summed E-state index contributed by atoms with van der Waals surface area (Å²) < 4.78 is 10.8. The summed E-state index contributed by atoms with van der Waals surface area (Å²) in [5.41, 5.74) is 0. The molecular formula is C14H20N2O3S. The molecule has 5 nitrogen and oxygen atoms in total. The number of rotatable bonds is 6. The van der Waals surface area contributed by atoms with E-state index in [0.29, 0.717) is 6.54 Å². The van der Waals surface area contributed by atoms with E-state index in [-0.39, 0.29) is 18.1 Å². The van der Waals surface area contributed by atoms with Crippen molar-refractivity contribution in [2.75, 3.05) is 25.3 Å². The summed E-state index contributed by atoms with van der Waals surface area (Å²) in [5, 5.41) is 6.04. The monoisotopic (exact) mass is 296 g/mol. The van der Waals surface area contributed by atoms with Crippen LogP contribution in [0, 0.1) is 0 Å². The van der Waals surface area contributed by atoms with Gasteiger partial charge in [0, 0.05) is 11.6 Å². The molecule has 1 aliphatic rings. The van der Waals surface area contributed by atoms with Crippen LogP contribution in [0.25, 0.3) is 0 Å². The molecule has 2 N–H and O–H groups in total. The van der Waals surface area contributed by atoms with Crippen LogP contribution in [-0.2, 0) is 4.79 Å². The van der Waals surface area contributed by atoms with E-state index in [1.807, 2.05) is 31.2 Å².